The molecule has 5 heteroatoms. The second-order valence-corrected chi connectivity index (χ2v) is 5.57. The summed E-state index contributed by atoms with van der Waals surface area (Å²) < 4.78 is 0. The van der Waals surface area contributed by atoms with Gasteiger partial charge in [-0.1, -0.05) is 67.7 Å². The van der Waals surface area contributed by atoms with Crippen LogP contribution in [0.3, 0.4) is 0 Å². The van der Waals surface area contributed by atoms with Gasteiger partial charge in [0.2, 0.25) is 0 Å². The summed E-state index contributed by atoms with van der Waals surface area (Å²) in [6, 6.07) is 0. The van der Waals surface area contributed by atoms with Gasteiger partial charge >= 0.3 is 5.97 Å². The predicted octanol–water partition coefficient (Wildman–Crippen LogP) is 2.91. The number of aliphatic hydroxyl groups is 3. The largest absolute Gasteiger partial charge is 0.481 e. The lowest BCUT2D eigenvalue weighted by Crippen LogP contribution is -2.23. The molecule has 0 spiro atoms. The molecule has 5 nitrogen and oxygen atoms in total. The number of carboxylic acids is 1. The monoisotopic (exact) mass is 350 g/mol. The van der Waals surface area contributed by atoms with Crippen molar-refractivity contribution in [3.8, 4) is 0 Å². The Bertz CT molecular complexity index is 488. The van der Waals surface area contributed by atoms with Crippen LogP contribution in [0, 0.1) is 0 Å². The minimum Gasteiger partial charge on any atom is -0.481 e. The molecule has 0 aromatic rings. The van der Waals surface area contributed by atoms with Gasteiger partial charge in [0.05, 0.1) is 18.3 Å². The van der Waals surface area contributed by atoms with Gasteiger partial charge in [-0.2, -0.15) is 0 Å². The second kappa shape index (κ2) is 15.6. The maximum absolute atomic E-state index is 10.4. The normalized spacial score (nSPS) is 16.6. The van der Waals surface area contributed by atoms with Gasteiger partial charge in [-0.25, -0.2) is 0 Å². The third-order valence-electron chi connectivity index (χ3n) is 3.33. The zero-order valence-electron chi connectivity index (χ0n) is 14.7. The molecule has 3 atom stereocenters. The van der Waals surface area contributed by atoms with Crippen LogP contribution in [-0.4, -0.2) is 44.7 Å². The van der Waals surface area contributed by atoms with Gasteiger partial charge in [-0.15, -0.1) is 0 Å². The van der Waals surface area contributed by atoms with E-state index in [0.29, 0.717) is 12.8 Å². The van der Waals surface area contributed by atoms with Gasteiger partial charge in [-0.05, 0) is 25.7 Å². The highest BCUT2D eigenvalue weighted by Gasteiger charge is 2.12. The molecule has 0 saturated carbocycles. The molecule has 0 fully saturated rings. The Morgan fingerprint density at radius 3 is 2.16 bits per heavy atom. The number of hydrogen-bond donors (Lipinski definition) is 4. The van der Waals surface area contributed by atoms with Crippen LogP contribution in [0.25, 0.3) is 0 Å². The highest BCUT2D eigenvalue weighted by Crippen LogP contribution is 2.06. The maximum atomic E-state index is 10.4. The first-order valence-electron chi connectivity index (χ1n) is 8.56. The number of aliphatic carboxylic acids is 1. The van der Waals surface area contributed by atoms with Crippen molar-refractivity contribution >= 4 is 5.97 Å². The average Bonchev–Trinajstić information content (AvgIpc) is 2.58. The Morgan fingerprint density at radius 2 is 1.52 bits per heavy atom. The van der Waals surface area contributed by atoms with Gasteiger partial charge < -0.3 is 20.4 Å². The SMILES string of the molecule is CCC(O)/C=C\C=C/C/C=C/C=C/C=C/C(O)C(O)CCCC(=O)O. The van der Waals surface area contributed by atoms with Crippen molar-refractivity contribution in [1.82, 2.24) is 0 Å². The summed E-state index contributed by atoms with van der Waals surface area (Å²) in [6.45, 7) is 1.92. The van der Waals surface area contributed by atoms with Crippen LogP contribution < -0.4 is 0 Å². The van der Waals surface area contributed by atoms with Gasteiger partial charge in [0, 0.05) is 6.42 Å². The zero-order valence-corrected chi connectivity index (χ0v) is 14.7. The fourth-order valence-corrected chi connectivity index (χ4v) is 1.79. The molecule has 0 aliphatic rings. The van der Waals surface area contributed by atoms with E-state index in [2.05, 4.69) is 0 Å². The Kier molecular flexibility index (Phi) is 14.4. The molecule has 0 heterocycles. The Labute approximate surface area is 150 Å². The van der Waals surface area contributed by atoms with Gasteiger partial charge in [0.15, 0.2) is 0 Å². The number of hydrogen-bond acceptors (Lipinski definition) is 4. The van der Waals surface area contributed by atoms with E-state index in [1.165, 1.54) is 6.08 Å². The first-order valence-corrected chi connectivity index (χ1v) is 8.56. The summed E-state index contributed by atoms with van der Waals surface area (Å²) in [7, 11) is 0. The van der Waals surface area contributed by atoms with Crippen LogP contribution >= 0.6 is 0 Å². The van der Waals surface area contributed by atoms with Gasteiger partial charge in [0.1, 0.15) is 0 Å². The van der Waals surface area contributed by atoms with Crippen LogP contribution in [-0.2, 0) is 4.79 Å². The molecular weight excluding hydrogens is 320 g/mol. The van der Waals surface area contributed by atoms with E-state index in [9.17, 15) is 20.1 Å². The van der Waals surface area contributed by atoms with Crippen molar-refractivity contribution in [2.75, 3.05) is 0 Å². The van der Waals surface area contributed by atoms with Crippen molar-refractivity contribution in [3.63, 3.8) is 0 Å². The van der Waals surface area contributed by atoms with Crippen molar-refractivity contribution in [1.29, 1.82) is 0 Å². The van der Waals surface area contributed by atoms with Crippen molar-refractivity contribution in [3.05, 3.63) is 60.8 Å². The number of carbonyl (C=O) groups is 1. The molecule has 0 aromatic heterocycles. The molecule has 0 aliphatic carbocycles. The highest BCUT2D eigenvalue weighted by atomic mass is 16.4. The molecule has 4 N–H and O–H groups in total. The van der Waals surface area contributed by atoms with E-state index in [1.54, 1.807) is 18.2 Å². The quantitative estimate of drug-likeness (QED) is 0.383. The Balaban J connectivity index is 3.94. The molecule has 25 heavy (non-hydrogen) atoms. The third-order valence-corrected chi connectivity index (χ3v) is 3.33. The first-order chi connectivity index (χ1) is 12.0. The molecular formula is C20H30O5. The molecule has 0 radical (unpaired) electrons. The zero-order chi connectivity index (χ0) is 18.9. The number of aliphatic hydroxyl groups excluding tert-OH is 3. The highest BCUT2D eigenvalue weighted by molar-refractivity contribution is 5.66. The second-order valence-electron chi connectivity index (χ2n) is 5.57. The molecule has 0 rings (SSSR count). The summed E-state index contributed by atoms with van der Waals surface area (Å²) in [5.41, 5.74) is 0. The Morgan fingerprint density at radius 1 is 0.920 bits per heavy atom. The van der Waals surface area contributed by atoms with Crippen LogP contribution in [0.5, 0.6) is 0 Å². The fraction of sp³-hybridized carbons (Fsp3) is 0.450. The average molecular weight is 350 g/mol. The minimum absolute atomic E-state index is 0.0123. The molecule has 0 aromatic carbocycles. The van der Waals surface area contributed by atoms with Crippen molar-refractivity contribution < 1.29 is 25.2 Å². The van der Waals surface area contributed by atoms with Crippen LogP contribution in [0.4, 0.5) is 0 Å². The summed E-state index contributed by atoms with van der Waals surface area (Å²) in [4.78, 5) is 10.4. The first kappa shape index (κ1) is 23.1. The fourth-order valence-electron chi connectivity index (χ4n) is 1.79. The van der Waals surface area contributed by atoms with Crippen LogP contribution in [0.1, 0.15) is 39.0 Å². The molecule has 140 valence electrons. The molecule has 0 aliphatic heterocycles. The minimum atomic E-state index is -1.00. The van der Waals surface area contributed by atoms with Crippen LogP contribution in [0.15, 0.2) is 60.8 Å². The summed E-state index contributed by atoms with van der Waals surface area (Å²) in [5, 5.41) is 37.2. The van der Waals surface area contributed by atoms with E-state index < -0.39 is 18.2 Å². The summed E-state index contributed by atoms with van der Waals surface area (Å²) in [6.07, 6.45) is 17.6. The van der Waals surface area contributed by atoms with Crippen LogP contribution in [0.2, 0.25) is 0 Å². The number of allylic oxidation sites excluding steroid dienone is 8. The summed E-state index contributed by atoms with van der Waals surface area (Å²) in [5.74, 6) is -0.906. The van der Waals surface area contributed by atoms with Gasteiger partial charge in [-0.3, -0.25) is 4.79 Å². The smallest absolute Gasteiger partial charge is 0.303 e. The third kappa shape index (κ3) is 15.3. The number of carboxylic acid groups (broad SMARTS) is 1. The maximum Gasteiger partial charge on any atom is 0.303 e. The lowest BCUT2D eigenvalue weighted by molar-refractivity contribution is -0.137. The van der Waals surface area contributed by atoms with E-state index in [-0.39, 0.29) is 18.9 Å². The topological polar surface area (TPSA) is 98.0 Å². The van der Waals surface area contributed by atoms with E-state index in [0.717, 1.165) is 6.42 Å². The van der Waals surface area contributed by atoms with E-state index >= 15 is 0 Å². The molecule has 0 bridgehead atoms. The van der Waals surface area contributed by atoms with E-state index in [4.69, 9.17) is 5.11 Å². The van der Waals surface area contributed by atoms with Crippen molar-refractivity contribution in [2.24, 2.45) is 0 Å². The Hall–Kier alpha value is -1.95. The molecule has 0 saturated heterocycles. The summed E-state index contributed by atoms with van der Waals surface area (Å²) >= 11 is 0. The lowest BCUT2D eigenvalue weighted by atomic mass is 10.1. The lowest BCUT2D eigenvalue weighted by Gasteiger charge is -2.13. The number of rotatable bonds is 13. The van der Waals surface area contributed by atoms with E-state index in [1.807, 2.05) is 43.4 Å². The standard InChI is InChI=1S/C20H30O5/c1-2-17(21)13-10-8-6-4-3-5-7-9-11-14-18(22)19(23)15-12-16-20(24)25/h3,5-11,13-14,17-19,21-23H,2,4,12,15-16H2,1H3,(H,24,25)/b5-3+,8-6-,9-7+,13-10-,14-11+. The molecule has 3 unspecified atom stereocenters. The predicted molar refractivity (Wildman–Crippen MR) is 100 cm³/mol. The van der Waals surface area contributed by atoms with Crippen molar-refractivity contribution in [2.45, 2.75) is 57.3 Å². The molecule has 0 amide bonds. The van der Waals surface area contributed by atoms with Gasteiger partial charge in [0.25, 0.3) is 0 Å².